The third kappa shape index (κ3) is 5.47. The zero-order valence-corrected chi connectivity index (χ0v) is 4.35. The number of hydrogen-bond donors (Lipinski definition) is 1. The van der Waals surface area contributed by atoms with Crippen molar-refractivity contribution in [1.82, 2.24) is 0 Å². The summed E-state index contributed by atoms with van der Waals surface area (Å²) in [5.74, 6) is -0.883. The first-order chi connectivity index (χ1) is 3.66. The minimum atomic E-state index is -0.883. The van der Waals surface area contributed by atoms with Crippen molar-refractivity contribution in [3.05, 3.63) is 0 Å². The molecule has 0 aliphatic heterocycles. The van der Waals surface area contributed by atoms with Gasteiger partial charge in [0.1, 0.15) is 0 Å². The predicted molar refractivity (Wildman–Crippen MR) is 27.2 cm³/mol. The van der Waals surface area contributed by atoms with Crippen molar-refractivity contribution >= 4 is 5.97 Å². The molecule has 0 aliphatic rings. The summed E-state index contributed by atoms with van der Waals surface area (Å²) in [5, 5.41) is 8.10. The molecule has 2 heteroatoms. The average Bonchev–Trinajstić information content (AvgIpc) is 1.65. The lowest BCUT2D eigenvalue weighted by Crippen LogP contribution is -1.91. The molecule has 1 atom stereocenters. The van der Waals surface area contributed by atoms with Gasteiger partial charge in [0.05, 0.1) is 0 Å². The summed E-state index contributed by atoms with van der Waals surface area (Å²) in [4.78, 5) is 9.85. The lowest BCUT2D eigenvalue weighted by atomic mass is 10.3. The van der Waals surface area contributed by atoms with E-state index in [1.165, 1.54) is 0 Å². The Hall–Kier alpha value is -0.530. The highest BCUT2D eigenvalue weighted by Crippen LogP contribution is 1.91. The second-order valence-corrected chi connectivity index (χ2v) is 1.29. The zero-order valence-electron chi connectivity index (χ0n) is 5.35. The highest BCUT2D eigenvalue weighted by atomic mass is 16.4. The molecule has 0 saturated heterocycles. The Morgan fingerprint density at radius 2 is 2.57 bits per heavy atom. The number of rotatable bonds is 3. The van der Waals surface area contributed by atoms with Crippen LogP contribution in [-0.2, 0) is 4.79 Å². The van der Waals surface area contributed by atoms with E-state index in [4.69, 9.17) is 6.48 Å². The van der Waals surface area contributed by atoms with Crippen molar-refractivity contribution in [2.75, 3.05) is 0 Å². The van der Waals surface area contributed by atoms with Crippen LogP contribution in [0.15, 0.2) is 0 Å². The maximum atomic E-state index is 9.85. The average molecular weight is 103 g/mol. The molecule has 0 rings (SSSR count). The SMILES string of the molecule is [2H]C(CC)CC(=O)O. The monoisotopic (exact) mass is 103 g/mol. The number of carbonyl (C=O) groups is 1. The summed E-state index contributed by atoms with van der Waals surface area (Å²) in [6, 6.07) is 0. The van der Waals surface area contributed by atoms with Crippen LogP contribution < -0.4 is 0 Å². The molecule has 2 nitrogen and oxygen atoms in total. The van der Waals surface area contributed by atoms with E-state index in [0.29, 0.717) is 6.42 Å². The Morgan fingerprint density at radius 1 is 2.00 bits per heavy atom. The van der Waals surface area contributed by atoms with Crippen LogP contribution in [0.25, 0.3) is 0 Å². The first kappa shape index (κ1) is 4.62. The van der Waals surface area contributed by atoms with Crippen LogP contribution in [0.4, 0.5) is 0 Å². The number of aliphatic carboxylic acids is 1. The molecule has 0 aliphatic carbocycles. The molecule has 0 aromatic rings. The van der Waals surface area contributed by atoms with Crippen molar-refractivity contribution in [2.45, 2.75) is 26.2 Å². The van der Waals surface area contributed by atoms with Gasteiger partial charge in [0, 0.05) is 7.79 Å². The minimum absolute atomic E-state index is 0.0312. The summed E-state index contributed by atoms with van der Waals surface area (Å²) >= 11 is 0. The largest absolute Gasteiger partial charge is 0.481 e. The van der Waals surface area contributed by atoms with Crippen molar-refractivity contribution in [3.63, 3.8) is 0 Å². The fourth-order valence-corrected chi connectivity index (χ4v) is 0.268. The molecule has 0 aromatic carbocycles. The molecular weight excluding hydrogens is 92.1 g/mol. The van der Waals surface area contributed by atoms with Gasteiger partial charge in [0.25, 0.3) is 0 Å². The Balaban J connectivity index is 3.24. The van der Waals surface area contributed by atoms with Gasteiger partial charge in [0.15, 0.2) is 0 Å². The van der Waals surface area contributed by atoms with Gasteiger partial charge >= 0.3 is 5.97 Å². The highest BCUT2D eigenvalue weighted by Gasteiger charge is 1.90. The summed E-state index contributed by atoms with van der Waals surface area (Å²) < 4.78 is 6.97. The van der Waals surface area contributed by atoms with Crippen molar-refractivity contribution < 1.29 is 11.3 Å². The van der Waals surface area contributed by atoms with Gasteiger partial charge in [-0.15, -0.1) is 0 Å². The van der Waals surface area contributed by atoms with Crippen molar-refractivity contribution in [1.29, 1.82) is 0 Å². The quantitative estimate of drug-likeness (QED) is 0.583. The van der Waals surface area contributed by atoms with E-state index < -0.39 is 12.4 Å². The lowest BCUT2D eigenvalue weighted by molar-refractivity contribution is -0.137. The van der Waals surface area contributed by atoms with E-state index in [1.807, 2.05) is 0 Å². The summed E-state index contributed by atoms with van der Waals surface area (Å²) in [6.07, 6.45) is 0.162. The molecule has 0 heterocycles. The zero-order chi connectivity index (χ0) is 6.57. The third-order valence-corrected chi connectivity index (χ3v) is 0.608. The molecule has 1 unspecified atom stereocenters. The van der Waals surface area contributed by atoms with Crippen LogP contribution in [0.1, 0.15) is 27.5 Å². The van der Waals surface area contributed by atoms with Gasteiger partial charge in [-0.2, -0.15) is 0 Å². The fraction of sp³-hybridized carbons (Fsp3) is 0.800. The Labute approximate surface area is 44.6 Å². The van der Waals surface area contributed by atoms with Crippen LogP contribution in [-0.4, -0.2) is 11.1 Å². The van der Waals surface area contributed by atoms with E-state index in [1.54, 1.807) is 6.92 Å². The maximum absolute atomic E-state index is 9.85. The highest BCUT2D eigenvalue weighted by molar-refractivity contribution is 5.66. The minimum Gasteiger partial charge on any atom is -0.481 e. The molecule has 7 heavy (non-hydrogen) atoms. The second kappa shape index (κ2) is 3.65. The normalized spacial score (nSPS) is 15.3. The van der Waals surface area contributed by atoms with Gasteiger partial charge < -0.3 is 5.11 Å². The summed E-state index contributed by atoms with van der Waals surface area (Å²) in [6.45, 7) is 1.81. The van der Waals surface area contributed by atoms with Crippen molar-refractivity contribution in [2.24, 2.45) is 0 Å². The van der Waals surface area contributed by atoms with Crippen LogP contribution in [0.2, 0.25) is 0 Å². The first-order valence-corrected chi connectivity index (χ1v) is 2.30. The van der Waals surface area contributed by atoms with Crippen LogP contribution in [0.5, 0.6) is 0 Å². The standard InChI is InChI=1S/C5H10O2/c1-2-3-4-5(6)7/h2-4H2,1H3,(H,6,7)/i3D. The number of hydrogen-bond acceptors (Lipinski definition) is 1. The molecule has 0 spiro atoms. The first-order valence-electron chi connectivity index (χ1n) is 2.88. The van der Waals surface area contributed by atoms with E-state index >= 15 is 0 Å². The molecule has 0 fully saturated rings. The number of carboxylic acid groups (broad SMARTS) is 1. The Morgan fingerprint density at radius 3 is 2.71 bits per heavy atom. The van der Waals surface area contributed by atoms with Gasteiger partial charge in [-0.25, -0.2) is 0 Å². The molecule has 0 aromatic heterocycles. The molecule has 42 valence electrons. The smallest absolute Gasteiger partial charge is 0.303 e. The lowest BCUT2D eigenvalue weighted by Gasteiger charge is -1.85. The van der Waals surface area contributed by atoms with E-state index in [-0.39, 0.29) is 6.42 Å². The molecule has 0 amide bonds. The van der Waals surface area contributed by atoms with Crippen molar-refractivity contribution in [3.8, 4) is 0 Å². The van der Waals surface area contributed by atoms with Gasteiger partial charge in [-0.05, 0) is 6.40 Å². The molecular formula is C5H10O2. The van der Waals surface area contributed by atoms with Crippen LogP contribution in [0.3, 0.4) is 0 Å². The van der Waals surface area contributed by atoms with E-state index in [9.17, 15) is 4.79 Å². The molecule has 0 bridgehead atoms. The van der Waals surface area contributed by atoms with E-state index in [0.717, 1.165) is 0 Å². The predicted octanol–water partition coefficient (Wildman–Crippen LogP) is 1.26. The number of carboxylic acids is 1. The third-order valence-electron chi connectivity index (χ3n) is 0.608. The molecule has 1 N–H and O–H groups in total. The topological polar surface area (TPSA) is 37.3 Å². The molecule has 0 radical (unpaired) electrons. The fourth-order valence-electron chi connectivity index (χ4n) is 0.268. The van der Waals surface area contributed by atoms with E-state index in [2.05, 4.69) is 0 Å². The van der Waals surface area contributed by atoms with Gasteiger partial charge in [-0.1, -0.05) is 13.3 Å². The summed E-state index contributed by atoms with van der Waals surface area (Å²) in [5.41, 5.74) is 0. The van der Waals surface area contributed by atoms with Crippen LogP contribution >= 0.6 is 0 Å². The van der Waals surface area contributed by atoms with Gasteiger partial charge in [-0.3, -0.25) is 4.79 Å². The molecule has 0 saturated carbocycles. The maximum Gasteiger partial charge on any atom is 0.303 e. The summed E-state index contributed by atoms with van der Waals surface area (Å²) in [7, 11) is 0. The Bertz CT molecular complexity index is 82.5. The van der Waals surface area contributed by atoms with Gasteiger partial charge in [0.2, 0.25) is 0 Å². The Kier molecular flexibility index (Phi) is 2.41. The van der Waals surface area contributed by atoms with Crippen LogP contribution in [0, 0.1) is 0 Å². The second-order valence-electron chi connectivity index (χ2n) is 1.29.